The molecule has 0 unspecified atom stereocenters. The molecule has 2 aliphatic rings. The molecule has 0 atom stereocenters. The highest BCUT2D eigenvalue weighted by molar-refractivity contribution is 6.20. The summed E-state index contributed by atoms with van der Waals surface area (Å²) in [4.78, 5) is 9.93. The van der Waals surface area contributed by atoms with Crippen LogP contribution in [0.15, 0.2) is 48.5 Å². The summed E-state index contributed by atoms with van der Waals surface area (Å²) in [5, 5.41) is 0. The molecule has 33 heavy (non-hydrogen) atoms. The van der Waals surface area contributed by atoms with Crippen LogP contribution in [-0.4, -0.2) is 81.9 Å². The van der Waals surface area contributed by atoms with Gasteiger partial charge in [-0.25, -0.2) is 0 Å². The van der Waals surface area contributed by atoms with Gasteiger partial charge in [-0.15, -0.1) is 0 Å². The lowest BCUT2D eigenvalue weighted by Gasteiger charge is -2.38. The van der Waals surface area contributed by atoms with E-state index in [1.165, 1.54) is 19.1 Å². The van der Waals surface area contributed by atoms with Gasteiger partial charge in [0.2, 0.25) is 0 Å². The predicted molar refractivity (Wildman–Crippen MR) is 138 cm³/mol. The van der Waals surface area contributed by atoms with Gasteiger partial charge < -0.3 is 19.1 Å². The summed E-state index contributed by atoms with van der Waals surface area (Å²) in [6.07, 6.45) is 0. The SMILES string of the molecule is CC(C)N1CCN(c2ccc(O[B]Oc3ccc(N4CCN(C(C)C)CC4)cc3)cc2)CC1. The van der Waals surface area contributed by atoms with Crippen molar-refractivity contribution < 1.29 is 9.31 Å². The van der Waals surface area contributed by atoms with Crippen LogP contribution in [0.1, 0.15) is 27.7 Å². The van der Waals surface area contributed by atoms with E-state index < -0.39 is 0 Å². The molecule has 177 valence electrons. The summed E-state index contributed by atoms with van der Waals surface area (Å²) in [5.41, 5.74) is 2.49. The summed E-state index contributed by atoms with van der Waals surface area (Å²) in [6, 6.07) is 17.8. The fraction of sp³-hybridized carbons (Fsp3) is 0.538. The van der Waals surface area contributed by atoms with Gasteiger partial charge in [0.25, 0.3) is 0 Å². The van der Waals surface area contributed by atoms with E-state index in [0.717, 1.165) is 63.9 Å². The van der Waals surface area contributed by atoms with E-state index in [4.69, 9.17) is 9.31 Å². The molecule has 2 aromatic carbocycles. The van der Waals surface area contributed by atoms with Gasteiger partial charge in [-0.2, -0.15) is 0 Å². The topological polar surface area (TPSA) is 31.4 Å². The van der Waals surface area contributed by atoms with Crippen LogP contribution < -0.4 is 19.1 Å². The van der Waals surface area contributed by atoms with Gasteiger partial charge in [0.15, 0.2) is 0 Å². The normalized spacial score (nSPS) is 18.1. The standard InChI is InChI=1S/C26H38BN4O2/c1-21(2)28-13-17-30(18-14-28)23-5-9-25(10-6-23)32-27-33-26-11-7-24(8-12-26)31-19-15-29(16-20-31)22(3)4/h5-12,21-22H,13-20H2,1-4H3. The van der Waals surface area contributed by atoms with Gasteiger partial charge in [-0.05, 0) is 76.2 Å². The largest absolute Gasteiger partial charge is 0.658 e. The molecule has 2 aromatic rings. The summed E-state index contributed by atoms with van der Waals surface area (Å²) in [5.74, 6) is 1.55. The van der Waals surface area contributed by atoms with Crippen molar-refractivity contribution in [2.24, 2.45) is 0 Å². The molecule has 0 aromatic heterocycles. The second kappa shape index (κ2) is 11.2. The van der Waals surface area contributed by atoms with Crippen LogP contribution in [0.25, 0.3) is 0 Å². The molecule has 0 saturated carbocycles. The molecular formula is C26H38BN4O2. The molecule has 0 bridgehead atoms. The van der Waals surface area contributed by atoms with E-state index in [0.29, 0.717) is 12.1 Å². The Balaban J connectivity index is 1.20. The molecule has 2 saturated heterocycles. The molecule has 1 radical (unpaired) electrons. The van der Waals surface area contributed by atoms with Crippen molar-refractivity contribution >= 4 is 19.1 Å². The van der Waals surface area contributed by atoms with Gasteiger partial charge in [0, 0.05) is 75.8 Å². The van der Waals surface area contributed by atoms with Crippen LogP contribution in [0.2, 0.25) is 0 Å². The van der Waals surface area contributed by atoms with Gasteiger partial charge in [-0.1, -0.05) is 0 Å². The van der Waals surface area contributed by atoms with Crippen LogP contribution in [0.5, 0.6) is 11.5 Å². The van der Waals surface area contributed by atoms with Crippen molar-refractivity contribution in [1.82, 2.24) is 9.80 Å². The lowest BCUT2D eigenvalue weighted by molar-refractivity contribution is 0.209. The number of hydrogen-bond acceptors (Lipinski definition) is 6. The monoisotopic (exact) mass is 449 g/mol. The number of anilines is 2. The highest BCUT2D eigenvalue weighted by Crippen LogP contribution is 2.23. The van der Waals surface area contributed by atoms with Gasteiger partial charge in [0.05, 0.1) is 0 Å². The average molecular weight is 449 g/mol. The summed E-state index contributed by atoms with van der Waals surface area (Å²) in [7, 11) is 1.41. The lowest BCUT2D eigenvalue weighted by atomic mass is 10.2. The molecule has 0 spiro atoms. The molecule has 4 rings (SSSR count). The molecular weight excluding hydrogens is 411 g/mol. The third kappa shape index (κ3) is 6.36. The molecule has 6 nitrogen and oxygen atoms in total. The van der Waals surface area contributed by atoms with E-state index >= 15 is 0 Å². The number of hydrogen-bond donors (Lipinski definition) is 0. The van der Waals surface area contributed by atoms with E-state index in [9.17, 15) is 0 Å². The van der Waals surface area contributed by atoms with Crippen LogP contribution >= 0.6 is 0 Å². The van der Waals surface area contributed by atoms with E-state index in [1.54, 1.807) is 0 Å². The maximum atomic E-state index is 5.69. The summed E-state index contributed by atoms with van der Waals surface area (Å²) in [6.45, 7) is 17.8. The van der Waals surface area contributed by atoms with Crippen molar-refractivity contribution in [2.45, 2.75) is 39.8 Å². The first-order valence-electron chi connectivity index (χ1n) is 12.3. The maximum absolute atomic E-state index is 5.69. The van der Waals surface area contributed by atoms with Crippen molar-refractivity contribution in [3.8, 4) is 11.5 Å². The van der Waals surface area contributed by atoms with Crippen molar-refractivity contribution in [3.63, 3.8) is 0 Å². The van der Waals surface area contributed by atoms with Crippen LogP contribution in [0.3, 0.4) is 0 Å². The third-order valence-corrected chi connectivity index (χ3v) is 6.86. The van der Waals surface area contributed by atoms with E-state index in [2.05, 4.69) is 71.6 Å². The quantitative estimate of drug-likeness (QED) is 0.571. The number of nitrogens with zero attached hydrogens (tertiary/aromatic N) is 4. The molecule has 2 fully saturated rings. The number of benzene rings is 2. The Morgan fingerprint density at radius 3 is 1.18 bits per heavy atom. The Hall–Kier alpha value is -2.38. The van der Waals surface area contributed by atoms with Gasteiger partial charge in [-0.3, -0.25) is 9.80 Å². The Morgan fingerprint density at radius 1 is 0.545 bits per heavy atom. The zero-order valence-corrected chi connectivity index (χ0v) is 20.6. The van der Waals surface area contributed by atoms with Crippen molar-refractivity contribution in [1.29, 1.82) is 0 Å². The second-order valence-corrected chi connectivity index (χ2v) is 9.55. The molecule has 7 heteroatoms. The highest BCUT2D eigenvalue weighted by Gasteiger charge is 2.20. The minimum absolute atomic E-state index is 0.620. The first-order valence-corrected chi connectivity index (χ1v) is 12.3. The Labute approximate surface area is 200 Å². The molecule has 2 heterocycles. The fourth-order valence-corrected chi connectivity index (χ4v) is 4.60. The number of piperazine rings is 2. The Bertz CT molecular complexity index is 772. The van der Waals surface area contributed by atoms with E-state index in [-0.39, 0.29) is 0 Å². The zero-order valence-electron chi connectivity index (χ0n) is 20.6. The smallest absolute Gasteiger partial charge is 0.526 e. The minimum atomic E-state index is 0.620. The molecule has 0 amide bonds. The van der Waals surface area contributed by atoms with Crippen molar-refractivity contribution in [3.05, 3.63) is 48.5 Å². The predicted octanol–water partition coefficient (Wildman–Crippen LogP) is 3.74. The van der Waals surface area contributed by atoms with Gasteiger partial charge in [0.1, 0.15) is 11.5 Å². The second-order valence-electron chi connectivity index (χ2n) is 9.55. The van der Waals surface area contributed by atoms with Crippen LogP contribution in [-0.2, 0) is 0 Å². The zero-order chi connectivity index (χ0) is 23.2. The van der Waals surface area contributed by atoms with E-state index in [1.807, 2.05) is 24.3 Å². The Morgan fingerprint density at radius 2 is 0.879 bits per heavy atom. The molecule has 0 aliphatic carbocycles. The summed E-state index contributed by atoms with van der Waals surface area (Å²) < 4.78 is 11.4. The first-order chi connectivity index (χ1) is 16.0. The van der Waals surface area contributed by atoms with Crippen LogP contribution in [0, 0.1) is 0 Å². The minimum Gasteiger partial charge on any atom is -0.526 e. The van der Waals surface area contributed by atoms with Gasteiger partial charge >= 0.3 is 7.69 Å². The lowest BCUT2D eigenvalue weighted by Crippen LogP contribution is -2.48. The average Bonchev–Trinajstić information content (AvgIpc) is 2.85. The highest BCUT2D eigenvalue weighted by atomic mass is 16.6. The molecule has 0 N–H and O–H groups in total. The fourth-order valence-electron chi connectivity index (χ4n) is 4.60. The Kier molecular flexibility index (Phi) is 8.04. The van der Waals surface area contributed by atoms with Crippen molar-refractivity contribution in [2.75, 3.05) is 62.2 Å². The number of rotatable bonds is 8. The maximum Gasteiger partial charge on any atom is 0.658 e. The first kappa shape index (κ1) is 23.8. The molecule has 2 aliphatic heterocycles. The third-order valence-electron chi connectivity index (χ3n) is 6.86. The summed E-state index contributed by atoms with van der Waals surface area (Å²) >= 11 is 0. The van der Waals surface area contributed by atoms with Crippen LogP contribution in [0.4, 0.5) is 11.4 Å².